The summed E-state index contributed by atoms with van der Waals surface area (Å²) in [5.74, 6) is 1.26. The maximum absolute atomic E-state index is 9.69. The first-order chi connectivity index (χ1) is 10.1. The number of phenols is 1. The fraction of sp³-hybridized carbons (Fsp3) is 0.235. The maximum atomic E-state index is 9.69. The average molecular weight is 382 g/mol. The van der Waals surface area contributed by atoms with E-state index in [0.29, 0.717) is 6.54 Å². The lowest BCUT2D eigenvalue weighted by Gasteiger charge is -2.31. The number of phenolic OH excluding ortho intramolecular Hbond substituents is 1. The highest BCUT2D eigenvalue weighted by Gasteiger charge is 2.29. The summed E-state index contributed by atoms with van der Waals surface area (Å²) in [5, 5.41) is 10.4. The maximum Gasteiger partial charge on any atom is 0.115 e. The summed E-state index contributed by atoms with van der Waals surface area (Å²) in [6.07, 6.45) is 0. The second-order valence-electron chi connectivity index (χ2n) is 5.41. The Morgan fingerprint density at radius 1 is 1.14 bits per heavy atom. The molecule has 2 aromatic carbocycles. The Hall–Kier alpha value is -1.52. The number of rotatable bonds is 1. The van der Waals surface area contributed by atoms with Crippen LogP contribution in [0.4, 0.5) is 0 Å². The monoisotopic (exact) mass is 380 g/mol. The lowest BCUT2D eigenvalue weighted by atomic mass is 9.84. The molecule has 0 saturated carbocycles. The molecule has 0 amide bonds. The van der Waals surface area contributed by atoms with Gasteiger partial charge >= 0.3 is 0 Å². The van der Waals surface area contributed by atoms with Crippen LogP contribution in [0.2, 0.25) is 5.02 Å². The van der Waals surface area contributed by atoms with Gasteiger partial charge in [0.2, 0.25) is 0 Å². The molecule has 0 aromatic heterocycles. The van der Waals surface area contributed by atoms with Gasteiger partial charge in [0, 0.05) is 19.1 Å². The molecule has 1 aliphatic heterocycles. The highest BCUT2D eigenvalue weighted by atomic mass is 79.9. The van der Waals surface area contributed by atoms with Crippen LogP contribution in [0.15, 0.2) is 47.5 Å². The predicted octanol–water partition coefficient (Wildman–Crippen LogP) is 4.23. The van der Waals surface area contributed by atoms with Crippen LogP contribution in [0.5, 0.6) is 5.75 Å². The zero-order valence-electron chi connectivity index (χ0n) is 12.5. The fourth-order valence-electron chi connectivity index (χ4n) is 2.82. The Morgan fingerprint density at radius 3 is 2.55 bits per heavy atom. The van der Waals surface area contributed by atoms with Gasteiger partial charge in [-0.3, -0.25) is 4.99 Å². The van der Waals surface area contributed by atoms with Crippen molar-refractivity contribution in [2.45, 2.75) is 12.5 Å². The van der Waals surface area contributed by atoms with Gasteiger partial charge in [0.1, 0.15) is 11.6 Å². The molecule has 116 valence electrons. The zero-order chi connectivity index (χ0) is 15.0. The van der Waals surface area contributed by atoms with E-state index in [1.165, 1.54) is 0 Å². The molecule has 1 atom stereocenters. The molecule has 2 aromatic rings. The van der Waals surface area contributed by atoms with E-state index in [9.17, 15) is 5.11 Å². The standard InChI is InChI=1S/C17H17ClN2O.BrH/c1-20(2)17-16(14-5-3-4-6-15(14)18)13-8-7-12(21)9-11(13)10-19-17;/h3-9,16,21H,10H2,1-2H3;1H. The first-order valence-corrected chi connectivity index (χ1v) is 7.23. The number of amidine groups is 1. The van der Waals surface area contributed by atoms with Crippen molar-refractivity contribution in [3.05, 3.63) is 64.2 Å². The van der Waals surface area contributed by atoms with Crippen LogP contribution in [0, 0.1) is 0 Å². The number of halogens is 2. The van der Waals surface area contributed by atoms with Crippen LogP contribution in [0.25, 0.3) is 0 Å². The smallest absolute Gasteiger partial charge is 0.115 e. The minimum atomic E-state index is -0.00181. The molecule has 22 heavy (non-hydrogen) atoms. The molecule has 1 N–H and O–H groups in total. The fourth-order valence-corrected chi connectivity index (χ4v) is 3.07. The van der Waals surface area contributed by atoms with Crippen molar-refractivity contribution in [3.8, 4) is 5.75 Å². The Labute approximate surface area is 146 Å². The molecule has 0 fully saturated rings. The van der Waals surface area contributed by atoms with Crippen LogP contribution in [0.3, 0.4) is 0 Å². The third-order valence-electron chi connectivity index (χ3n) is 3.78. The SMILES string of the molecule is Br.CN(C)C1=NCc2cc(O)ccc2C1c1ccccc1Cl. The van der Waals surface area contributed by atoms with Gasteiger partial charge in [-0.05, 0) is 34.9 Å². The van der Waals surface area contributed by atoms with Gasteiger partial charge in [0.15, 0.2) is 0 Å². The Morgan fingerprint density at radius 2 is 1.86 bits per heavy atom. The van der Waals surface area contributed by atoms with Crippen molar-refractivity contribution in [3.63, 3.8) is 0 Å². The summed E-state index contributed by atoms with van der Waals surface area (Å²) in [7, 11) is 3.99. The molecule has 0 spiro atoms. The molecule has 3 nitrogen and oxygen atoms in total. The number of benzene rings is 2. The van der Waals surface area contributed by atoms with Crippen LogP contribution in [-0.2, 0) is 6.54 Å². The number of fused-ring (bicyclic) bond motifs is 1. The molecule has 0 aliphatic carbocycles. The van der Waals surface area contributed by atoms with E-state index >= 15 is 0 Å². The van der Waals surface area contributed by atoms with Crippen LogP contribution < -0.4 is 0 Å². The first-order valence-electron chi connectivity index (χ1n) is 6.86. The lowest BCUT2D eigenvalue weighted by molar-refractivity contribution is 0.474. The summed E-state index contributed by atoms with van der Waals surface area (Å²) in [6, 6.07) is 13.3. The third kappa shape index (κ3) is 2.99. The number of likely N-dealkylation sites (N-methyl/N-ethyl adjacent to an activating group) is 1. The van der Waals surface area contributed by atoms with Crippen LogP contribution >= 0.6 is 28.6 Å². The number of nitrogens with zero attached hydrogens (tertiary/aromatic N) is 2. The number of hydrogen-bond donors (Lipinski definition) is 1. The van der Waals surface area contributed by atoms with Gasteiger partial charge in [-0.25, -0.2) is 0 Å². The van der Waals surface area contributed by atoms with E-state index in [0.717, 1.165) is 27.5 Å². The Bertz CT molecular complexity index is 716. The molecule has 1 heterocycles. The average Bonchev–Trinajstić information content (AvgIpc) is 2.46. The summed E-state index contributed by atoms with van der Waals surface area (Å²) < 4.78 is 0. The predicted molar refractivity (Wildman–Crippen MR) is 96.5 cm³/mol. The van der Waals surface area contributed by atoms with Crippen LogP contribution in [0.1, 0.15) is 22.6 Å². The topological polar surface area (TPSA) is 35.8 Å². The minimum absolute atomic E-state index is 0. The highest BCUT2D eigenvalue weighted by Crippen LogP contribution is 2.37. The molecule has 1 unspecified atom stereocenters. The van der Waals surface area contributed by atoms with Crippen molar-refractivity contribution >= 4 is 34.4 Å². The molecule has 1 aliphatic rings. The van der Waals surface area contributed by atoms with E-state index in [1.807, 2.05) is 49.3 Å². The number of aliphatic imine (C=N–C) groups is 1. The Kier molecular flexibility index (Phi) is 5.14. The van der Waals surface area contributed by atoms with Gasteiger partial charge in [0.05, 0.1) is 12.5 Å². The normalized spacial score (nSPS) is 16.3. The van der Waals surface area contributed by atoms with Crippen LogP contribution in [-0.4, -0.2) is 29.9 Å². The highest BCUT2D eigenvalue weighted by molar-refractivity contribution is 8.93. The van der Waals surface area contributed by atoms with Gasteiger partial charge < -0.3 is 10.0 Å². The van der Waals surface area contributed by atoms with Crippen molar-refractivity contribution in [1.29, 1.82) is 0 Å². The van der Waals surface area contributed by atoms with Gasteiger partial charge in [-0.2, -0.15) is 0 Å². The van der Waals surface area contributed by atoms with E-state index in [-0.39, 0.29) is 28.6 Å². The zero-order valence-corrected chi connectivity index (χ0v) is 14.9. The van der Waals surface area contributed by atoms with Crippen molar-refractivity contribution in [2.75, 3.05) is 14.1 Å². The molecule has 5 heteroatoms. The number of aromatic hydroxyl groups is 1. The molecular formula is C17H18BrClN2O. The van der Waals surface area contributed by atoms with E-state index in [2.05, 4.69) is 4.99 Å². The minimum Gasteiger partial charge on any atom is -0.508 e. The largest absolute Gasteiger partial charge is 0.508 e. The summed E-state index contributed by atoms with van der Waals surface area (Å²) >= 11 is 6.40. The molecule has 3 rings (SSSR count). The lowest BCUT2D eigenvalue weighted by Crippen LogP contribution is -2.32. The molecule has 0 saturated heterocycles. The summed E-state index contributed by atoms with van der Waals surface area (Å²) in [4.78, 5) is 6.71. The van der Waals surface area contributed by atoms with Gasteiger partial charge in [0.25, 0.3) is 0 Å². The molecule has 0 bridgehead atoms. The first kappa shape index (κ1) is 16.8. The van der Waals surface area contributed by atoms with E-state index in [1.54, 1.807) is 12.1 Å². The summed E-state index contributed by atoms with van der Waals surface area (Å²) in [5.41, 5.74) is 3.24. The van der Waals surface area contributed by atoms with Crippen molar-refractivity contribution < 1.29 is 5.11 Å². The van der Waals surface area contributed by atoms with Crippen molar-refractivity contribution in [1.82, 2.24) is 4.90 Å². The third-order valence-corrected chi connectivity index (χ3v) is 4.13. The molecule has 0 radical (unpaired) electrons. The van der Waals surface area contributed by atoms with Gasteiger partial charge in [-0.15, -0.1) is 17.0 Å². The second-order valence-corrected chi connectivity index (χ2v) is 5.81. The van der Waals surface area contributed by atoms with E-state index < -0.39 is 0 Å². The van der Waals surface area contributed by atoms with Gasteiger partial charge in [-0.1, -0.05) is 35.9 Å². The second kappa shape index (κ2) is 6.71. The van der Waals surface area contributed by atoms with E-state index in [4.69, 9.17) is 11.6 Å². The number of hydrogen-bond acceptors (Lipinski definition) is 3. The quantitative estimate of drug-likeness (QED) is 0.802. The van der Waals surface area contributed by atoms with Crippen molar-refractivity contribution in [2.24, 2.45) is 4.99 Å². The Balaban J connectivity index is 0.00000176. The summed E-state index contributed by atoms with van der Waals surface area (Å²) in [6.45, 7) is 0.582. The molecular weight excluding hydrogens is 364 g/mol.